The van der Waals surface area contributed by atoms with Crippen molar-refractivity contribution in [3.05, 3.63) is 0 Å². The maximum atomic E-state index is 11.1. The summed E-state index contributed by atoms with van der Waals surface area (Å²) in [6.45, 7) is 0. The van der Waals surface area contributed by atoms with E-state index >= 15 is 0 Å². The highest BCUT2D eigenvalue weighted by Crippen LogP contribution is 1.88. The Morgan fingerprint density at radius 1 is 1.75 bits per heavy atom. The summed E-state index contributed by atoms with van der Waals surface area (Å²) < 4.78 is 22.3. The average Bonchev–Trinajstić information content (AvgIpc) is 1.67. The van der Waals surface area contributed by atoms with Crippen molar-refractivity contribution >= 4 is 23.6 Å². The minimum absolute atomic E-state index is 0.745. The zero-order valence-corrected chi connectivity index (χ0v) is 4.54. The number of nitrogens with one attached hydrogen (secondary N) is 1. The van der Waals surface area contributed by atoms with Gasteiger partial charge in [0.15, 0.2) is 0 Å². The first-order valence-corrected chi connectivity index (χ1v) is 2.18. The van der Waals surface area contributed by atoms with Crippen LogP contribution < -0.4 is 5.32 Å². The third kappa shape index (κ3) is 2.57. The molecule has 0 bridgehead atoms. The van der Waals surface area contributed by atoms with Crippen LogP contribution >= 0.6 is 12.2 Å². The molecule has 0 saturated carbocycles. The Balaban J connectivity index is 3.48. The molecule has 0 aromatic rings. The van der Waals surface area contributed by atoms with Crippen molar-refractivity contribution in [2.45, 2.75) is 6.43 Å². The van der Waals surface area contributed by atoms with Gasteiger partial charge >= 0.3 is 6.43 Å². The number of hydrogen-bond acceptors (Lipinski definition) is 2. The summed E-state index contributed by atoms with van der Waals surface area (Å²) >= 11 is 4.06. The van der Waals surface area contributed by atoms with Gasteiger partial charge in [0.2, 0.25) is 0 Å². The van der Waals surface area contributed by atoms with Crippen molar-refractivity contribution in [2.24, 2.45) is 0 Å². The summed E-state index contributed by atoms with van der Waals surface area (Å²) in [6, 6.07) is 0. The largest absolute Gasteiger partial charge is 0.318 e. The highest BCUT2D eigenvalue weighted by Gasteiger charge is 2.11. The molecule has 1 N–H and O–H groups in total. The highest BCUT2D eigenvalue weighted by atomic mass is 32.1. The van der Waals surface area contributed by atoms with Crippen LogP contribution in [-0.2, 0) is 4.79 Å². The summed E-state index contributed by atoms with van der Waals surface area (Å²) in [5, 5.41) is 1.65. The Bertz CT molecular complexity index is 105. The van der Waals surface area contributed by atoms with Gasteiger partial charge < -0.3 is 5.32 Å². The number of rotatable bonds is 2. The lowest BCUT2D eigenvalue weighted by Gasteiger charge is -1.92. The lowest BCUT2D eigenvalue weighted by Crippen LogP contribution is -2.27. The SMILES string of the molecule is O=C(NC=S)C(F)F. The van der Waals surface area contributed by atoms with E-state index in [0.717, 1.165) is 5.49 Å². The van der Waals surface area contributed by atoms with E-state index in [4.69, 9.17) is 0 Å². The van der Waals surface area contributed by atoms with Gasteiger partial charge in [0, 0.05) is 0 Å². The highest BCUT2D eigenvalue weighted by molar-refractivity contribution is 7.78. The Morgan fingerprint density at radius 2 is 2.25 bits per heavy atom. The van der Waals surface area contributed by atoms with E-state index < -0.39 is 12.3 Å². The van der Waals surface area contributed by atoms with Crippen molar-refractivity contribution in [3.8, 4) is 0 Å². The van der Waals surface area contributed by atoms with Crippen LogP contribution in [0.3, 0.4) is 0 Å². The third-order valence-electron chi connectivity index (χ3n) is 0.399. The third-order valence-corrected chi connectivity index (χ3v) is 0.517. The van der Waals surface area contributed by atoms with Crippen molar-refractivity contribution in [3.63, 3.8) is 0 Å². The molecular weight excluding hydrogens is 136 g/mol. The molecule has 0 radical (unpaired) electrons. The summed E-state index contributed by atoms with van der Waals surface area (Å²) in [4.78, 5) is 9.78. The van der Waals surface area contributed by atoms with E-state index in [1.54, 1.807) is 5.32 Å². The van der Waals surface area contributed by atoms with Crippen molar-refractivity contribution in [1.82, 2.24) is 5.32 Å². The smallest absolute Gasteiger partial charge is 0.315 e. The quantitative estimate of drug-likeness (QED) is 0.558. The van der Waals surface area contributed by atoms with Crippen molar-refractivity contribution < 1.29 is 13.6 Å². The Kier molecular flexibility index (Phi) is 3.18. The second-order valence-corrected chi connectivity index (χ2v) is 1.16. The first kappa shape index (κ1) is 7.42. The maximum absolute atomic E-state index is 11.1. The van der Waals surface area contributed by atoms with Crippen LogP contribution in [0.4, 0.5) is 8.78 Å². The molecule has 0 rings (SSSR count). The number of amides is 1. The number of carbonyl (C=O) groups excluding carboxylic acids is 1. The van der Waals surface area contributed by atoms with E-state index in [0.29, 0.717) is 0 Å². The lowest BCUT2D eigenvalue weighted by molar-refractivity contribution is -0.130. The Labute approximate surface area is 49.9 Å². The van der Waals surface area contributed by atoms with Crippen LogP contribution in [0.15, 0.2) is 0 Å². The number of thiocarbonyl (C=S) groups is 1. The average molecular weight is 139 g/mol. The molecule has 0 fully saturated rings. The number of hydrogen-bond donors (Lipinski definition) is 1. The van der Waals surface area contributed by atoms with Gasteiger partial charge in [-0.15, -0.1) is 0 Å². The molecule has 1 amide bonds. The van der Waals surface area contributed by atoms with Crippen molar-refractivity contribution in [1.29, 1.82) is 0 Å². The molecule has 0 atom stereocenters. The van der Waals surface area contributed by atoms with Gasteiger partial charge in [0.1, 0.15) is 0 Å². The molecule has 0 aromatic heterocycles. The van der Waals surface area contributed by atoms with E-state index in [1.807, 2.05) is 0 Å². The molecule has 8 heavy (non-hydrogen) atoms. The zero-order valence-electron chi connectivity index (χ0n) is 3.73. The van der Waals surface area contributed by atoms with Crippen LogP contribution in [0.1, 0.15) is 0 Å². The molecule has 0 heterocycles. The fraction of sp³-hybridized carbons (Fsp3) is 0.333. The zero-order chi connectivity index (χ0) is 6.57. The van der Waals surface area contributed by atoms with Crippen LogP contribution in [0.25, 0.3) is 0 Å². The summed E-state index contributed by atoms with van der Waals surface area (Å²) in [6.07, 6.45) is -2.98. The molecule has 2 nitrogen and oxygen atoms in total. The standard InChI is InChI=1S/C3H3F2NOS/c4-2(5)3(7)6-1-8/h1-2H,(H,6,7,8). The molecule has 0 aliphatic carbocycles. The molecule has 0 saturated heterocycles. The van der Waals surface area contributed by atoms with Gasteiger partial charge in [-0.05, 0) is 0 Å². The minimum atomic E-state index is -2.98. The Hall–Kier alpha value is -0.580. The summed E-state index contributed by atoms with van der Waals surface area (Å²) in [5.41, 5.74) is 0.745. The van der Waals surface area contributed by atoms with Gasteiger partial charge in [-0.2, -0.15) is 8.78 Å². The molecule has 0 unspecified atom stereocenters. The first-order chi connectivity index (χ1) is 3.68. The van der Waals surface area contributed by atoms with E-state index in [2.05, 4.69) is 12.2 Å². The van der Waals surface area contributed by atoms with Crippen LogP contribution in [-0.4, -0.2) is 17.8 Å². The predicted octanol–water partition coefficient (Wildman–Crippen LogP) is 0.325. The van der Waals surface area contributed by atoms with Gasteiger partial charge in [0.05, 0.1) is 5.49 Å². The van der Waals surface area contributed by atoms with E-state index in [9.17, 15) is 13.6 Å². The van der Waals surface area contributed by atoms with Gasteiger partial charge in [-0.3, -0.25) is 4.79 Å². The molecule has 0 aromatic carbocycles. The number of alkyl halides is 2. The fourth-order valence-corrected chi connectivity index (χ4v) is 0.237. The molecular formula is C3H3F2NOS. The molecule has 46 valence electrons. The number of carbonyl (C=O) groups is 1. The van der Waals surface area contributed by atoms with Crippen molar-refractivity contribution in [2.75, 3.05) is 0 Å². The lowest BCUT2D eigenvalue weighted by atomic mass is 10.6. The summed E-state index contributed by atoms with van der Waals surface area (Å²) in [7, 11) is 0. The number of halogens is 2. The predicted molar refractivity (Wildman–Crippen MR) is 27.8 cm³/mol. The maximum Gasteiger partial charge on any atom is 0.315 e. The van der Waals surface area contributed by atoms with E-state index in [-0.39, 0.29) is 0 Å². The Morgan fingerprint density at radius 3 is 2.38 bits per heavy atom. The molecule has 5 heteroatoms. The molecule has 0 spiro atoms. The molecule has 0 aliphatic rings. The monoisotopic (exact) mass is 139 g/mol. The second-order valence-electron chi connectivity index (χ2n) is 0.927. The molecule has 0 aliphatic heterocycles. The van der Waals surface area contributed by atoms with Gasteiger partial charge in [-0.1, -0.05) is 12.2 Å². The fourth-order valence-electron chi connectivity index (χ4n) is 0.121. The minimum Gasteiger partial charge on any atom is -0.318 e. The van der Waals surface area contributed by atoms with Crippen LogP contribution in [0, 0.1) is 0 Å². The normalized spacial score (nSPS) is 8.88. The van der Waals surface area contributed by atoms with Crippen LogP contribution in [0.2, 0.25) is 0 Å². The van der Waals surface area contributed by atoms with Gasteiger partial charge in [-0.25, -0.2) is 0 Å². The van der Waals surface area contributed by atoms with E-state index in [1.165, 1.54) is 0 Å². The van der Waals surface area contributed by atoms with Crippen LogP contribution in [0.5, 0.6) is 0 Å². The van der Waals surface area contributed by atoms with Gasteiger partial charge in [0.25, 0.3) is 5.91 Å². The summed E-state index contributed by atoms with van der Waals surface area (Å²) in [5.74, 6) is -1.36. The second kappa shape index (κ2) is 3.43. The first-order valence-electron chi connectivity index (χ1n) is 1.70. The topological polar surface area (TPSA) is 29.1 Å².